The fourth-order valence-electron chi connectivity index (χ4n) is 4.77. The minimum Gasteiger partial charge on any atom is -0.444 e. The number of nitrogens with one attached hydrogen (secondary N) is 1. The minimum atomic E-state index is -0.718. The van der Waals surface area contributed by atoms with Gasteiger partial charge in [-0.05, 0) is 70.0 Å². The summed E-state index contributed by atoms with van der Waals surface area (Å²) in [5.41, 5.74) is 2.49. The fraction of sp³-hybridized carbons (Fsp3) is 0.394. The summed E-state index contributed by atoms with van der Waals surface area (Å²) < 4.78 is 25.2. The van der Waals surface area contributed by atoms with Crippen LogP contribution in [0.3, 0.4) is 0 Å². The Hall–Kier alpha value is -3.66. The van der Waals surface area contributed by atoms with Crippen LogP contribution in [0.2, 0.25) is 5.02 Å². The van der Waals surface area contributed by atoms with Crippen LogP contribution in [-0.2, 0) is 16.0 Å². The number of carbonyl (C=O) groups excluding carboxylic acids is 2. The summed E-state index contributed by atoms with van der Waals surface area (Å²) in [7, 11) is 0. The predicted octanol–water partition coefficient (Wildman–Crippen LogP) is 7.62. The van der Waals surface area contributed by atoms with Gasteiger partial charge in [0.2, 0.25) is 0 Å². The highest BCUT2D eigenvalue weighted by Gasteiger charge is 2.28. The van der Waals surface area contributed by atoms with Crippen molar-refractivity contribution in [3.05, 3.63) is 88.7 Å². The number of benzene rings is 3. The molecule has 1 N–H and O–H groups in total. The van der Waals surface area contributed by atoms with E-state index in [-0.39, 0.29) is 11.1 Å². The van der Waals surface area contributed by atoms with Crippen LogP contribution in [-0.4, -0.2) is 66.9 Å². The van der Waals surface area contributed by atoms with Gasteiger partial charge in [-0.1, -0.05) is 53.6 Å². The van der Waals surface area contributed by atoms with E-state index in [4.69, 9.17) is 21.1 Å². The third-order valence-electron chi connectivity index (χ3n) is 6.90. The molecule has 1 fully saturated rings. The molecular formula is C33H40ClFN4O4. The molecule has 0 saturated carbocycles. The highest BCUT2D eigenvalue weighted by molar-refractivity contribution is 6.31. The number of anilines is 3. The molecule has 0 bridgehead atoms. The molecule has 0 aliphatic carbocycles. The summed E-state index contributed by atoms with van der Waals surface area (Å²) in [6.45, 7) is 12.1. The van der Waals surface area contributed by atoms with Crippen LogP contribution in [0.15, 0.2) is 66.7 Å². The van der Waals surface area contributed by atoms with Crippen molar-refractivity contribution in [3.63, 3.8) is 0 Å². The van der Waals surface area contributed by atoms with Gasteiger partial charge in [-0.15, -0.1) is 0 Å². The quantitative estimate of drug-likeness (QED) is 0.270. The van der Waals surface area contributed by atoms with Crippen LogP contribution in [0, 0.1) is 12.7 Å². The Kier molecular flexibility index (Phi) is 11.0. The summed E-state index contributed by atoms with van der Waals surface area (Å²) >= 11 is 6.21. The van der Waals surface area contributed by atoms with Crippen molar-refractivity contribution < 1.29 is 23.5 Å². The van der Waals surface area contributed by atoms with Gasteiger partial charge in [0.25, 0.3) is 0 Å². The molecule has 0 unspecified atom stereocenters. The summed E-state index contributed by atoms with van der Waals surface area (Å²) in [5.74, 6) is -0.597. The van der Waals surface area contributed by atoms with Gasteiger partial charge in [-0.25, -0.2) is 14.0 Å². The van der Waals surface area contributed by atoms with Gasteiger partial charge < -0.3 is 14.4 Å². The van der Waals surface area contributed by atoms with Gasteiger partial charge in [0.15, 0.2) is 0 Å². The van der Waals surface area contributed by atoms with E-state index < -0.39 is 17.5 Å². The molecule has 0 spiro atoms. The molecule has 4 rings (SSSR count). The third kappa shape index (κ3) is 9.41. The molecule has 1 saturated heterocycles. The van der Waals surface area contributed by atoms with Gasteiger partial charge in [0.1, 0.15) is 11.4 Å². The van der Waals surface area contributed by atoms with E-state index in [9.17, 15) is 14.0 Å². The van der Waals surface area contributed by atoms with E-state index in [2.05, 4.69) is 10.2 Å². The number of halogens is 2. The maximum Gasteiger partial charge on any atom is 0.412 e. The Labute approximate surface area is 258 Å². The molecule has 230 valence electrons. The number of carbonyl (C=O) groups is 2. The van der Waals surface area contributed by atoms with Gasteiger partial charge in [-0.2, -0.15) is 0 Å². The van der Waals surface area contributed by atoms with Crippen LogP contribution in [0.4, 0.5) is 31.0 Å². The SMILES string of the molecule is Cc1ccc(CN(CCCN2CCOCC2)C(=O)N(c2ccc(F)c(Cl)c2)c2ccccc2NC(=O)OC(C)(C)C)cc1. The van der Waals surface area contributed by atoms with Gasteiger partial charge in [0.05, 0.1) is 35.3 Å². The van der Waals surface area contributed by atoms with Gasteiger partial charge in [0, 0.05) is 32.7 Å². The Balaban J connectivity index is 1.70. The van der Waals surface area contributed by atoms with Crippen LogP contribution in [0.25, 0.3) is 0 Å². The first-order valence-electron chi connectivity index (χ1n) is 14.5. The van der Waals surface area contributed by atoms with E-state index in [1.54, 1.807) is 49.9 Å². The number of hydrogen-bond donors (Lipinski definition) is 1. The lowest BCUT2D eigenvalue weighted by Crippen LogP contribution is -2.43. The molecule has 43 heavy (non-hydrogen) atoms. The molecule has 3 amide bonds. The monoisotopic (exact) mass is 610 g/mol. The second kappa shape index (κ2) is 14.7. The Morgan fingerprint density at radius 1 is 1.05 bits per heavy atom. The average Bonchev–Trinajstić information content (AvgIpc) is 2.96. The van der Waals surface area contributed by atoms with Gasteiger partial charge in [-0.3, -0.25) is 15.1 Å². The summed E-state index contributed by atoms with van der Waals surface area (Å²) in [6.07, 6.45) is 0.0828. The van der Waals surface area contributed by atoms with Crippen molar-refractivity contribution in [2.24, 2.45) is 0 Å². The molecule has 3 aromatic carbocycles. The van der Waals surface area contributed by atoms with Crippen LogP contribution < -0.4 is 10.2 Å². The number of rotatable bonds is 9. The number of para-hydroxylation sites is 2. The maximum absolute atomic E-state index is 14.6. The van der Waals surface area contributed by atoms with Crippen LogP contribution >= 0.6 is 11.6 Å². The largest absolute Gasteiger partial charge is 0.444 e. The van der Waals surface area contributed by atoms with Gasteiger partial charge >= 0.3 is 12.1 Å². The molecule has 0 aromatic heterocycles. The Morgan fingerprint density at radius 2 is 1.74 bits per heavy atom. The van der Waals surface area contributed by atoms with E-state index in [1.807, 2.05) is 31.2 Å². The molecule has 1 aliphatic heterocycles. The summed E-state index contributed by atoms with van der Waals surface area (Å²) in [5, 5.41) is 2.66. The number of ether oxygens (including phenoxy) is 2. The lowest BCUT2D eigenvalue weighted by molar-refractivity contribution is 0.0365. The second-order valence-electron chi connectivity index (χ2n) is 11.6. The van der Waals surface area contributed by atoms with Crippen LogP contribution in [0.5, 0.6) is 0 Å². The topological polar surface area (TPSA) is 74.4 Å². The maximum atomic E-state index is 14.6. The molecule has 1 aliphatic rings. The normalized spacial score (nSPS) is 13.8. The fourth-order valence-corrected chi connectivity index (χ4v) is 4.95. The number of morpholine rings is 1. The molecule has 3 aromatic rings. The molecular weight excluding hydrogens is 571 g/mol. The minimum absolute atomic E-state index is 0.120. The van der Waals surface area contributed by atoms with E-state index in [0.717, 1.165) is 37.2 Å². The number of nitrogens with zero attached hydrogens (tertiary/aromatic N) is 3. The van der Waals surface area contributed by atoms with E-state index >= 15 is 0 Å². The zero-order chi connectivity index (χ0) is 31.0. The standard InChI is InChI=1S/C33H40ClFN4O4/c1-24-10-12-25(13-11-24)23-38(17-7-16-37-18-20-42-21-19-37)32(41)39(26-14-15-28(35)27(34)22-26)30-9-6-5-8-29(30)36-31(40)43-33(2,3)4/h5-6,8-15,22H,7,16-21,23H2,1-4H3,(H,36,40). The molecule has 0 atom stereocenters. The second-order valence-corrected chi connectivity index (χ2v) is 12.0. The van der Waals surface area contributed by atoms with Crippen molar-refractivity contribution in [1.29, 1.82) is 0 Å². The lowest BCUT2D eigenvalue weighted by atomic mass is 10.1. The Bertz CT molecular complexity index is 1390. The van der Waals surface area contributed by atoms with Crippen molar-refractivity contribution >= 4 is 40.8 Å². The van der Waals surface area contributed by atoms with Crippen molar-refractivity contribution in [3.8, 4) is 0 Å². The zero-order valence-electron chi connectivity index (χ0n) is 25.2. The molecule has 10 heteroatoms. The van der Waals surface area contributed by atoms with Crippen molar-refractivity contribution in [2.75, 3.05) is 49.6 Å². The number of urea groups is 1. The number of aryl methyl sites for hydroxylation is 1. The first-order valence-corrected chi connectivity index (χ1v) is 14.9. The highest BCUT2D eigenvalue weighted by Crippen LogP contribution is 2.35. The Morgan fingerprint density at radius 3 is 2.42 bits per heavy atom. The van der Waals surface area contributed by atoms with Crippen molar-refractivity contribution in [1.82, 2.24) is 9.80 Å². The van der Waals surface area contributed by atoms with Crippen LogP contribution in [0.1, 0.15) is 38.3 Å². The molecule has 8 nitrogen and oxygen atoms in total. The van der Waals surface area contributed by atoms with Crippen molar-refractivity contribution in [2.45, 2.75) is 46.3 Å². The summed E-state index contributed by atoms with van der Waals surface area (Å²) in [6, 6.07) is 18.8. The smallest absolute Gasteiger partial charge is 0.412 e. The number of hydrogen-bond acceptors (Lipinski definition) is 5. The predicted molar refractivity (Wildman–Crippen MR) is 169 cm³/mol. The first kappa shape index (κ1) is 32.3. The number of amides is 3. The summed E-state index contributed by atoms with van der Waals surface area (Å²) in [4.78, 5) is 32.9. The average molecular weight is 611 g/mol. The lowest BCUT2D eigenvalue weighted by Gasteiger charge is -2.33. The van der Waals surface area contributed by atoms with E-state index in [1.165, 1.54) is 23.1 Å². The van der Waals surface area contributed by atoms with E-state index in [0.29, 0.717) is 43.4 Å². The third-order valence-corrected chi connectivity index (χ3v) is 7.19. The highest BCUT2D eigenvalue weighted by atomic mass is 35.5. The molecule has 0 radical (unpaired) electrons. The first-order chi connectivity index (χ1) is 20.5. The zero-order valence-corrected chi connectivity index (χ0v) is 26.0. The molecule has 1 heterocycles.